The molecule has 298 valence electrons. The molecule has 4 aromatic rings. The van der Waals surface area contributed by atoms with Gasteiger partial charge in [-0.15, -0.1) is 0 Å². The van der Waals surface area contributed by atoms with Crippen LogP contribution in [0.5, 0.6) is 5.75 Å². The van der Waals surface area contributed by atoms with Crippen molar-refractivity contribution in [2.75, 3.05) is 46.9 Å². The van der Waals surface area contributed by atoms with E-state index in [4.69, 9.17) is 4.74 Å². The monoisotopic (exact) mass is 759 g/mol. The van der Waals surface area contributed by atoms with Crippen LogP contribution in [0.25, 0.3) is 11.3 Å². The fourth-order valence-electron chi connectivity index (χ4n) is 8.08. The van der Waals surface area contributed by atoms with Gasteiger partial charge in [0.2, 0.25) is 5.91 Å². The Balaban J connectivity index is 1.35. The van der Waals surface area contributed by atoms with Gasteiger partial charge in [-0.25, -0.2) is 0 Å². The number of unbranched alkanes of at least 4 members (excludes halogenated alkanes) is 2. The number of hydrogen-bond donors (Lipinski definition) is 0. The molecule has 9 nitrogen and oxygen atoms in total. The van der Waals surface area contributed by atoms with E-state index in [2.05, 4.69) is 54.5 Å². The first-order valence-electron chi connectivity index (χ1n) is 20.6. The fraction of sp³-hybridized carbons (Fsp3) is 0.468. The SMILES string of the molecule is CCCCN(CCCC)C(=O)c1cc(-c2cc3c(cc2C(=O)N2Cc4ccccc4C[C@H]2C)CN(C(=O)Cc2ccccc2OCCN(C)C)CC3)n(C)c1C. The molecule has 1 aromatic heterocycles. The second-order valence-corrected chi connectivity index (χ2v) is 16.0. The number of para-hydroxylation sites is 1. The minimum absolute atomic E-state index is 0.0114. The summed E-state index contributed by atoms with van der Waals surface area (Å²) in [4.78, 5) is 51.0. The van der Waals surface area contributed by atoms with E-state index in [9.17, 15) is 14.4 Å². The maximum atomic E-state index is 14.9. The maximum Gasteiger partial charge on any atom is 0.255 e. The number of aromatic nitrogens is 1. The summed E-state index contributed by atoms with van der Waals surface area (Å²) in [5, 5.41) is 0. The van der Waals surface area contributed by atoms with Crippen molar-refractivity contribution in [3.05, 3.63) is 111 Å². The number of ether oxygens (including phenoxy) is 1. The van der Waals surface area contributed by atoms with E-state index in [0.29, 0.717) is 43.8 Å². The van der Waals surface area contributed by atoms with E-state index in [0.717, 1.165) is 91.1 Å². The van der Waals surface area contributed by atoms with Crippen LogP contribution in [0.3, 0.4) is 0 Å². The van der Waals surface area contributed by atoms with E-state index >= 15 is 0 Å². The second kappa shape index (κ2) is 18.4. The highest BCUT2D eigenvalue weighted by atomic mass is 16.5. The summed E-state index contributed by atoms with van der Waals surface area (Å²) in [6.07, 6.45) is 5.69. The van der Waals surface area contributed by atoms with Gasteiger partial charge in [-0.2, -0.15) is 0 Å². The summed E-state index contributed by atoms with van der Waals surface area (Å²) in [5.41, 5.74) is 9.33. The molecule has 0 spiro atoms. The van der Waals surface area contributed by atoms with Crippen LogP contribution in [-0.4, -0.2) is 94.8 Å². The molecule has 0 unspecified atom stereocenters. The van der Waals surface area contributed by atoms with E-state index < -0.39 is 0 Å². The molecule has 0 radical (unpaired) electrons. The fourth-order valence-corrected chi connectivity index (χ4v) is 8.08. The molecule has 1 atom stereocenters. The van der Waals surface area contributed by atoms with Gasteiger partial charge in [-0.1, -0.05) is 69.2 Å². The van der Waals surface area contributed by atoms with Crippen molar-refractivity contribution in [3.8, 4) is 17.0 Å². The lowest BCUT2D eigenvalue weighted by Crippen LogP contribution is -2.43. The second-order valence-electron chi connectivity index (χ2n) is 16.0. The van der Waals surface area contributed by atoms with Crippen molar-refractivity contribution in [1.29, 1.82) is 0 Å². The molecule has 2 aliphatic rings. The number of carbonyl (C=O) groups excluding carboxylic acids is 3. The molecule has 3 amide bonds. The van der Waals surface area contributed by atoms with E-state index in [-0.39, 0.29) is 30.2 Å². The van der Waals surface area contributed by atoms with Gasteiger partial charge >= 0.3 is 0 Å². The molecule has 2 aliphatic heterocycles. The number of benzene rings is 3. The van der Waals surface area contributed by atoms with E-state index in [1.807, 2.05) is 85.2 Å². The van der Waals surface area contributed by atoms with Crippen molar-refractivity contribution in [3.63, 3.8) is 0 Å². The van der Waals surface area contributed by atoms with Crippen molar-refractivity contribution >= 4 is 17.7 Å². The number of likely N-dealkylation sites (N-methyl/N-ethyl adjacent to an activating group) is 1. The molecule has 0 saturated carbocycles. The quantitative estimate of drug-likeness (QED) is 0.124. The van der Waals surface area contributed by atoms with Crippen molar-refractivity contribution in [1.82, 2.24) is 24.2 Å². The lowest BCUT2D eigenvalue weighted by molar-refractivity contribution is -0.131. The number of rotatable bonds is 15. The summed E-state index contributed by atoms with van der Waals surface area (Å²) in [5.74, 6) is 0.798. The first-order valence-corrected chi connectivity index (χ1v) is 20.6. The molecule has 56 heavy (non-hydrogen) atoms. The van der Waals surface area contributed by atoms with Crippen LogP contribution < -0.4 is 4.74 Å². The number of fused-ring (bicyclic) bond motifs is 2. The Labute approximate surface area is 334 Å². The van der Waals surface area contributed by atoms with Gasteiger partial charge in [0.25, 0.3) is 11.8 Å². The average molecular weight is 760 g/mol. The van der Waals surface area contributed by atoms with Gasteiger partial charge in [0, 0.05) is 80.4 Å². The molecule has 6 rings (SSSR count). The molecule has 0 bridgehead atoms. The molecule has 9 heteroatoms. The molecular weight excluding hydrogens is 699 g/mol. The predicted octanol–water partition coefficient (Wildman–Crippen LogP) is 7.70. The Bertz CT molecular complexity index is 2020. The molecule has 0 saturated heterocycles. The van der Waals surface area contributed by atoms with Crippen LogP contribution in [-0.2, 0) is 44.2 Å². The third-order valence-corrected chi connectivity index (χ3v) is 11.7. The lowest BCUT2D eigenvalue weighted by atomic mass is 9.89. The minimum Gasteiger partial charge on any atom is -0.492 e. The van der Waals surface area contributed by atoms with Gasteiger partial charge in [-0.3, -0.25) is 14.4 Å². The highest BCUT2D eigenvalue weighted by Crippen LogP contribution is 2.36. The van der Waals surface area contributed by atoms with Gasteiger partial charge in [0.15, 0.2) is 0 Å². The Morgan fingerprint density at radius 2 is 1.52 bits per heavy atom. The van der Waals surface area contributed by atoms with Gasteiger partial charge in [-0.05, 0) is 100 Å². The predicted molar refractivity (Wildman–Crippen MR) is 224 cm³/mol. The van der Waals surface area contributed by atoms with Crippen molar-refractivity contribution in [2.45, 2.75) is 91.8 Å². The summed E-state index contributed by atoms with van der Waals surface area (Å²) in [6.45, 7) is 12.8. The first-order chi connectivity index (χ1) is 27.0. The Hall–Kier alpha value is -4.89. The summed E-state index contributed by atoms with van der Waals surface area (Å²) < 4.78 is 8.16. The average Bonchev–Trinajstić information content (AvgIpc) is 3.49. The van der Waals surface area contributed by atoms with Crippen molar-refractivity contribution < 1.29 is 19.1 Å². The summed E-state index contributed by atoms with van der Waals surface area (Å²) in [7, 11) is 6.02. The van der Waals surface area contributed by atoms with Crippen LogP contribution in [0.1, 0.15) is 101 Å². The smallest absolute Gasteiger partial charge is 0.255 e. The van der Waals surface area contributed by atoms with Gasteiger partial charge < -0.3 is 28.9 Å². The van der Waals surface area contributed by atoms with E-state index in [1.54, 1.807) is 0 Å². The zero-order valence-electron chi connectivity index (χ0n) is 34.7. The normalized spacial score (nSPS) is 15.1. The zero-order chi connectivity index (χ0) is 39.9. The zero-order valence-corrected chi connectivity index (χ0v) is 34.7. The number of hydrogen-bond acceptors (Lipinski definition) is 5. The molecular formula is C47H61N5O4. The molecule has 0 aliphatic carbocycles. The Kier molecular flexibility index (Phi) is 13.4. The third kappa shape index (κ3) is 9.04. The van der Waals surface area contributed by atoms with E-state index in [1.165, 1.54) is 11.1 Å². The number of carbonyl (C=O) groups is 3. The Morgan fingerprint density at radius 1 is 0.821 bits per heavy atom. The molecule has 3 heterocycles. The molecule has 3 aromatic carbocycles. The molecule has 0 fully saturated rings. The Morgan fingerprint density at radius 3 is 2.23 bits per heavy atom. The first kappa shape index (κ1) is 40.8. The maximum absolute atomic E-state index is 14.9. The van der Waals surface area contributed by atoms with Crippen LogP contribution in [0.15, 0.2) is 66.7 Å². The van der Waals surface area contributed by atoms with Crippen molar-refractivity contribution in [2.24, 2.45) is 7.05 Å². The van der Waals surface area contributed by atoms with Crippen LogP contribution in [0.4, 0.5) is 0 Å². The highest BCUT2D eigenvalue weighted by Gasteiger charge is 2.32. The number of nitrogens with zero attached hydrogens (tertiary/aromatic N) is 5. The lowest BCUT2D eigenvalue weighted by Gasteiger charge is -2.36. The summed E-state index contributed by atoms with van der Waals surface area (Å²) in [6, 6.07) is 22.4. The van der Waals surface area contributed by atoms with Crippen LogP contribution >= 0.6 is 0 Å². The highest BCUT2D eigenvalue weighted by molar-refractivity contribution is 6.03. The van der Waals surface area contributed by atoms with Gasteiger partial charge in [0.05, 0.1) is 12.0 Å². The third-order valence-electron chi connectivity index (χ3n) is 11.7. The minimum atomic E-state index is -0.0312. The number of amides is 3. The standard InChI is InChI=1S/C47H61N5O4/c1-8-10-21-50(22-11-9-2)46(54)40-30-43(49(7)34(40)4)41-27-36-20-23-51(45(53)29-37-17-14-15-19-44(37)56-25-24-48(5)6)31-39(36)28-42(41)47(55)52-32-38-18-13-12-16-35(38)26-33(52)3/h12-19,27-28,30,33H,8-11,20-26,29,31-32H2,1-7H3/t33-/m1/s1. The molecule has 0 N–H and O–H groups in total. The summed E-state index contributed by atoms with van der Waals surface area (Å²) >= 11 is 0. The largest absolute Gasteiger partial charge is 0.492 e. The van der Waals surface area contributed by atoms with Gasteiger partial charge in [0.1, 0.15) is 12.4 Å². The van der Waals surface area contributed by atoms with Crippen LogP contribution in [0, 0.1) is 6.92 Å². The topological polar surface area (TPSA) is 78.3 Å². The van der Waals surface area contributed by atoms with Crippen LogP contribution in [0.2, 0.25) is 0 Å².